The molecule has 0 N–H and O–H groups in total. The number of likely N-dealkylation sites (tertiary alicyclic amines) is 1. The number of rotatable bonds is 3. The molecular weight excluding hydrogens is 340 g/mol. The first kappa shape index (κ1) is 18.0. The summed E-state index contributed by atoms with van der Waals surface area (Å²) in [5.41, 5.74) is 1.68. The van der Waals surface area contributed by atoms with Crippen molar-refractivity contribution in [3.8, 4) is 5.88 Å². The van der Waals surface area contributed by atoms with Gasteiger partial charge in [0.1, 0.15) is 0 Å². The maximum absolute atomic E-state index is 13.0. The molecule has 1 amide bonds. The average Bonchev–Trinajstić information content (AvgIpc) is 2.73. The number of anilines is 1. The lowest BCUT2D eigenvalue weighted by Gasteiger charge is -2.37. The molecule has 1 aromatic heterocycles. The predicted molar refractivity (Wildman–Crippen MR) is 106 cm³/mol. The van der Waals surface area contributed by atoms with Crippen LogP contribution in [0.1, 0.15) is 32.6 Å². The topological polar surface area (TPSA) is 58.6 Å². The largest absolute Gasteiger partial charge is 0.478 e. The lowest BCUT2D eigenvalue weighted by Crippen LogP contribution is -2.47. The Kier molecular flexibility index (Phi) is 5.14. The van der Waals surface area contributed by atoms with Crippen LogP contribution in [0.15, 0.2) is 24.3 Å². The number of carbonyl (C=O) groups is 1. The number of nitrogens with zero attached hydrogens (tertiary/aromatic N) is 4. The van der Waals surface area contributed by atoms with E-state index < -0.39 is 0 Å². The van der Waals surface area contributed by atoms with E-state index in [0.29, 0.717) is 18.3 Å². The maximum Gasteiger partial charge on any atom is 0.257 e. The second-order valence-electron chi connectivity index (χ2n) is 7.84. The van der Waals surface area contributed by atoms with Crippen LogP contribution in [0.4, 0.5) is 5.82 Å². The number of piperidine rings is 2. The van der Waals surface area contributed by atoms with Crippen LogP contribution in [0.2, 0.25) is 0 Å². The molecule has 0 spiro atoms. The Morgan fingerprint density at radius 1 is 1.07 bits per heavy atom. The molecule has 27 heavy (non-hydrogen) atoms. The van der Waals surface area contributed by atoms with Crippen LogP contribution in [-0.2, 0) is 4.79 Å². The van der Waals surface area contributed by atoms with Gasteiger partial charge >= 0.3 is 0 Å². The number of benzene rings is 1. The van der Waals surface area contributed by atoms with Gasteiger partial charge < -0.3 is 14.5 Å². The summed E-state index contributed by atoms with van der Waals surface area (Å²) in [4.78, 5) is 26.7. The van der Waals surface area contributed by atoms with E-state index in [2.05, 4.69) is 21.7 Å². The Hall–Kier alpha value is -2.37. The van der Waals surface area contributed by atoms with Gasteiger partial charge in [0.2, 0.25) is 5.91 Å². The van der Waals surface area contributed by atoms with Gasteiger partial charge in [0.25, 0.3) is 5.88 Å². The van der Waals surface area contributed by atoms with Crippen LogP contribution in [0.5, 0.6) is 5.88 Å². The van der Waals surface area contributed by atoms with E-state index in [9.17, 15) is 4.79 Å². The molecule has 6 nitrogen and oxygen atoms in total. The number of aromatic nitrogens is 2. The zero-order valence-electron chi connectivity index (χ0n) is 16.2. The molecule has 144 valence electrons. The van der Waals surface area contributed by atoms with Gasteiger partial charge in [-0.25, -0.2) is 9.97 Å². The zero-order valence-corrected chi connectivity index (χ0v) is 16.2. The van der Waals surface area contributed by atoms with Gasteiger partial charge in [-0.05, 0) is 43.7 Å². The van der Waals surface area contributed by atoms with Gasteiger partial charge in [-0.2, -0.15) is 0 Å². The molecule has 3 heterocycles. The lowest BCUT2D eigenvalue weighted by atomic mass is 9.93. The van der Waals surface area contributed by atoms with Crippen LogP contribution < -0.4 is 9.64 Å². The Labute approximate surface area is 160 Å². The van der Waals surface area contributed by atoms with Crippen molar-refractivity contribution in [3.63, 3.8) is 0 Å². The lowest BCUT2D eigenvalue weighted by molar-refractivity contribution is -0.137. The molecule has 0 bridgehead atoms. The van der Waals surface area contributed by atoms with Crippen LogP contribution in [-0.4, -0.2) is 54.1 Å². The van der Waals surface area contributed by atoms with Crippen molar-refractivity contribution in [2.45, 2.75) is 32.6 Å². The second-order valence-corrected chi connectivity index (χ2v) is 7.84. The van der Waals surface area contributed by atoms with E-state index in [1.165, 1.54) is 0 Å². The van der Waals surface area contributed by atoms with Crippen molar-refractivity contribution in [1.29, 1.82) is 0 Å². The first-order valence-electron chi connectivity index (χ1n) is 10.00. The first-order valence-corrected chi connectivity index (χ1v) is 10.00. The summed E-state index contributed by atoms with van der Waals surface area (Å²) in [5.74, 6) is 2.35. The van der Waals surface area contributed by atoms with Crippen molar-refractivity contribution < 1.29 is 9.53 Å². The zero-order chi connectivity index (χ0) is 18.8. The van der Waals surface area contributed by atoms with Gasteiger partial charge in [-0.3, -0.25) is 4.79 Å². The first-order chi connectivity index (χ1) is 13.2. The van der Waals surface area contributed by atoms with Gasteiger partial charge in [0, 0.05) is 26.2 Å². The van der Waals surface area contributed by atoms with Gasteiger partial charge in [0.05, 0.1) is 24.1 Å². The minimum atomic E-state index is 0.0325. The highest BCUT2D eigenvalue weighted by atomic mass is 16.5. The van der Waals surface area contributed by atoms with Crippen LogP contribution in [0.3, 0.4) is 0 Å². The Morgan fingerprint density at radius 2 is 1.78 bits per heavy atom. The Bertz CT molecular complexity index is 817. The smallest absolute Gasteiger partial charge is 0.257 e. The third-order valence-electron chi connectivity index (χ3n) is 5.88. The number of carbonyl (C=O) groups excluding carboxylic acids is 1. The second kappa shape index (κ2) is 7.71. The highest BCUT2D eigenvalue weighted by Crippen LogP contribution is 2.31. The molecule has 2 aromatic rings. The SMILES string of the molecule is COc1nc2ccccc2nc1N1CCC[C@H](C(=O)N2CCC(C)CC2)C1. The van der Waals surface area contributed by atoms with Crippen molar-refractivity contribution >= 4 is 22.8 Å². The van der Waals surface area contributed by atoms with E-state index in [1.54, 1.807) is 7.11 Å². The van der Waals surface area contributed by atoms with Crippen LogP contribution in [0, 0.1) is 11.8 Å². The van der Waals surface area contributed by atoms with E-state index in [4.69, 9.17) is 9.72 Å². The maximum atomic E-state index is 13.0. The monoisotopic (exact) mass is 368 g/mol. The molecular formula is C21H28N4O2. The van der Waals surface area contributed by atoms with Crippen molar-refractivity contribution in [3.05, 3.63) is 24.3 Å². The van der Waals surface area contributed by atoms with Crippen molar-refractivity contribution in [2.24, 2.45) is 11.8 Å². The summed E-state index contributed by atoms with van der Waals surface area (Å²) in [6.07, 6.45) is 4.17. The predicted octanol–water partition coefficient (Wildman–Crippen LogP) is 3.11. The molecule has 0 unspecified atom stereocenters. The van der Waals surface area contributed by atoms with E-state index in [-0.39, 0.29) is 5.92 Å². The molecule has 2 aliphatic heterocycles. The number of amides is 1. The van der Waals surface area contributed by atoms with Gasteiger partial charge in [-0.15, -0.1) is 0 Å². The van der Waals surface area contributed by atoms with Crippen molar-refractivity contribution in [1.82, 2.24) is 14.9 Å². The fourth-order valence-electron chi connectivity index (χ4n) is 4.18. The quantitative estimate of drug-likeness (QED) is 0.833. The average molecular weight is 368 g/mol. The summed E-state index contributed by atoms with van der Waals surface area (Å²) in [6.45, 7) is 5.64. The van der Waals surface area contributed by atoms with Crippen molar-refractivity contribution in [2.75, 3.05) is 38.2 Å². The van der Waals surface area contributed by atoms with Gasteiger partial charge in [-0.1, -0.05) is 19.1 Å². The summed E-state index contributed by atoms with van der Waals surface area (Å²) >= 11 is 0. The number of hydrogen-bond acceptors (Lipinski definition) is 5. The standard InChI is InChI=1S/C21H28N4O2/c1-15-9-12-24(13-10-15)21(26)16-6-5-11-25(14-16)19-20(27-2)23-18-8-4-3-7-17(18)22-19/h3-4,7-8,15-16H,5-6,9-14H2,1-2H3/t16-/m0/s1. The molecule has 4 rings (SSSR count). The molecule has 1 atom stereocenters. The van der Waals surface area contributed by atoms with Crippen LogP contribution in [0.25, 0.3) is 11.0 Å². The number of ether oxygens (including phenoxy) is 1. The highest BCUT2D eigenvalue weighted by Gasteiger charge is 2.32. The summed E-state index contributed by atoms with van der Waals surface area (Å²) in [6, 6.07) is 7.82. The highest BCUT2D eigenvalue weighted by molar-refractivity contribution is 5.81. The Morgan fingerprint density at radius 3 is 2.48 bits per heavy atom. The fourth-order valence-corrected chi connectivity index (χ4v) is 4.18. The molecule has 0 radical (unpaired) electrons. The van der Waals surface area contributed by atoms with Crippen LogP contribution >= 0.6 is 0 Å². The molecule has 2 aliphatic rings. The fraction of sp³-hybridized carbons (Fsp3) is 0.571. The molecule has 0 saturated carbocycles. The van der Waals surface area contributed by atoms with E-state index in [0.717, 1.165) is 68.1 Å². The minimum absolute atomic E-state index is 0.0325. The van der Waals surface area contributed by atoms with Gasteiger partial charge in [0.15, 0.2) is 5.82 Å². The molecule has 1 aromatic carbocycles. The number of fused-ring (bicyclic) bond motifs is 1. The molecule has 6 heteroatoms. The summed E-state index contributed by atoms with van der Waals surface area (Å²) in [7, 11) is 1.63. The third kappa shape index (κ3) is 3.70. The minimum Gasteiger partial charge on any atom is -0.478 e. The molecule has 0 aliphatic carbocycles. The Balaban J connectivity index is 1.54. The number of hydrogen-bond donors (Lipinski definition) is 0. The number of methoxy groups -OCH3 is 1. The summed E-state index contributed by atoms with van der Waals surface area (Å²) in [5, 5.41) is 0. The normalized spacial score (nSPS) is 21.5. The third-order valence-corrected chi connectivity index (χ3v) is 5.88. The van der Waals surface area contributed by atoms with E-state index in [1.807, 2.05) is 24.3 Å². The number of para-hydroxylation sites is 2. The summed E-state index contributed by atoms with van der Waals surface area (Å²) < 4.78 is 5.52. The molecule has 2 fully saturated rings. The molecule has 2 saturated heterocycles. The van der Waals surface area contributed by atoms with E-state index >= 15 is 0 Å².